The summed E-state index contributed by atoms with van der Waals surface area (Å²) in [5, 5.41) is 11.0. The lowest BCUT2D eigenvalue weighted by Gasteiger charge is -2.00. The third kappa shape index (κ3) is 5.15. The zero-order valence-electron chi connectivity index (χ0n) is 11.7. The Balaban J connectivity index is 1.94. The molecule has 0 aliphatic rings. The van der Waals surface area contributed by atoms with Crippen molar-refractivity contribution in [1.29, 1.82) is 0 Å². The first-order valence-corrected chi connectivity index (χ1v) is 9.24. The summed E-state index contributed by atoms with van der Waals surface area (Å²) in [6.45, 7) is 0. The minimum atomic E-state index is -3.19. The molecule has 1 aromatic carbocycles. The number of amides is 1. The van der Waals surface area contributed by atoms with Gasteiger partial charge in [-0.15, -0.1) is 10.2 Å². The number of benzene rings is 1. The van der Waals surface area contributed by atoms with Crippen LogP contribution in [-0.2, 0) is 21.1 Å². The SMILES string of the molecule is CS(=O)(=O)CCC(=O)Nc1nnc(Cc2ccccc2F)s1. The van der Waals surface area contributed by atoms with Crippen LogP contribution in [0.25, 0.3) is 0 Å². The maximum atomic E-state index is 13.5. The van der Waals surface area contributed by atoms with E-state index in [0.29, 0.717) is 10.6 Å². The molecule has 0 fully saturated rings. The first-order chi connectivity index (χ1) is 10.3. The molecule has 0 unspecified atom stereocenters. The van der Waals surface area contributed by atoms with E-state index in [9.17, 15) is 17.6 Å². The molecule has 0 aliphatic heterocycles. The third-order valence-electron chi connectivity index (χ3n) is 2.71. The molecule has 0 bridgehead atoms. The number of carbonyl (C=O) groups excluding carboxylic acids is 1. The third-order valence-corrected chi connectivity index (χ3v) is 4.50. The van der Waals surface area contributed by atoms with Gasteiger partial charge < -0.3 is 5.32 Å². The zero-order valence-corrected chi connectivity index (χ0v) is 13.4. The van der Waals surface area contributed by atoms with Gasteiger partial charge in [0.2, 0.25) is 11.0 Å². The van der Waals surface area contributed by atoms with E-state index in [2.05, 4.69) is 15.5 Å². The number of nitrogens with one attached hydrogen (secondary N) is 1. The van der Waals surface area contributed by atoms with Crippen molar-refractivity contribution in [2.24, 2.45) is 0 Å². The maximum Gasteiger partial charge on any atom is 0.227 e. The van der Waals surface area contributed by atoms with Crippen LogP contribution in [-0.4, -0.2) is 36.5 Å². The number of halogens is 1. The topological polar surface area (TPSA) is 89.0 Å². The molecule has 22 heavy (non-hydrogen) atoms. The van der Waals surface area contributed by atoms with Crippen molar-refractivity contribution in [3.8, 4) is 0 Å². The Morgan fingerprint density at radius 2 is 2.05 bits per heavy atom. The molecule has 118 valence electrons. The molecule has 2 aromatic rings. The lowest BCUT2D eigenvalue weighted by atomic mass is 10.1. The molecule has 9 heteroatoms. The summed E-state index contributed by atoms with van der Waals surface area (Å²) < 4.78 is 35.5. The van der Waals surface area contributed by atoms with Gasteiger partial charge in [0.05, 0.1) is 5.75 Å². The summed E-state index contributed by atoms with van der Waals surface area (Å²) in [6.07, 6.45) is 1.21. The first kappa shape index (κ1) is 16.5. The Bertz CT molecular complexity index is 774. The average molecular weight is 343 g/mol. The number of carbonyl (C=O) groups is 1. The second-order valence-corrected chi connectivity index (χ2v) is 8.02. The fourth-order valence-electron chi connectivity index (χ4n) is 1.64. The zero-order chi connectivity index (χ0) is 16.2. The predicted octanol–water partition coefficient (Wildman–Crippen LogP) is 1.64. The van der Waals surface area contributed by atoms with Crippen LogP contribution in [0.5, 0.6) is 0 Å². The van der Waals surface area contributed by atoms with Crippen molar-refractivity contribution in [1.82, 2.24) is 10.2 Å². The van der Waals surface area contributed by atoms with E-state index in [1.807, 2.05) is 0 Å². The van der Waals surface area contributed by atoms with E-state index < -0.39 is 15.7 Å². The van der Waals surface area contributed by atoms with Crippen LogP contribution in [0, 0.1) is 5.82 Å². The van der Waals surface area contributed by atoms with Crippen molar-refractivity contribution >= 4 is 32.2 Å². The normalized spacial score (nSPS) is 11.4. The number of anilines is 1. The van der Waals surface area contributed by atoms with E-state index >= 15 is 0 Å². The van der Waals surface area contributed by atoms with Gasteiger partial charge in [-0.1, -0.05) is 29.5 Å². The van der Waals surface area contributed by atoms with Gasteiger partial charge in [0, 0.05) is 19.1 Å². The number of aromatic nitrogens is 2. The average Bonchev–Trinajstić information content (AvgIpc) is 2.86. The minimum absolute atomic E-state index is 0.138. The van der Waals surface area contributed by atoms with Crippen molar-refractivity contribution in [3.63, 3.8) is 0 Å². The van der Waals surface area contributed by atoms with Crippen molar-refractivity contribution in [2.75, 3.05) is 17.3 Å². The van der Waals surface area contributed by atoms with Gasteiger partial charge in [0.1, 0.15) is 20.7 Å². The van der Waals surface area contributed by atoms with Crippen LogP contribution in [0.1, 0.15) is 17.0 Å². The molecule has 1 aromatic heterocycles. The molecule has 1 amide bonds. The predicted molar refractivity (Wildman–Crippen MR) is 82.1 cm³/mol. The molecule has 1 heterocycles. The van der Waals surface area contributed by atoms with Crippen molar-refractivity contribution in [2.45, 2.75) is 12.8 Å². The van der Waals surface area contributed by atoms with Gasteiger partial charge >= 0.3 is 0 Å². The molecular formula is C13H14FN3O3S2. The summed E-state index contributed by atoms with van der Waals surface area (Å²) in [4.78, 5) is 11.6. The molecule has 0 radical (unpaired) electrons. The lowest BCUT2D eigenvalue weighted by Crippen LogP contribution is -2.16. The van der Waals surface area contributed by atoms with E-state index in [-0.39, 0.29) is 29.5 Å². The second kappa shape index (κ2) is 6.93. The minimum Gasteiger partial charge on any atom is -0.301 e. The van der Waals surface area contributed by atoms with Gasteiger partial charge in [0.15, 0.2) is 0 Å². The monoisotopic (exact) mass is 343 g/mol. The fraction of sp³-hybridized carbons (Fsp3) is 0.308. The summed E-state index contributed by atoms with van der Waals surface area (Å²) in [7, 11) is -3.19. The highest BCUT2D eigenvalue weighted by Gasteiger charge is 2.12. The van der Waals surface area contributed by atoms with E-state index in [1.54, 1.807) is 18.2 Å². The van der Waals surface area contributed by atoms with Crippen LogP contribution in [0.15, 0.2) is 24.3 Å². The lowest BCUT2D eigenvalue weighted by molar-refractivity contribution is -0.115. The van der Waals surface area contributed by atoms with Gasteiger partial charge in [0.25, 0.3) is 0 Å². The fourth-order valence-corrected chi connectivity index (χ4v) is 2.98. The molecule has 0 spiro atoms. The number of sulfone groups is 1. The van der Waals surface area contributed by atoms with Crippen LogP contribution >= 0.6 is 11.3 Å². The van der Waals surface area contributed by atoms with Crippen LogP contribution in [0.2, 0.25) is 0 Å². The van der Waals surface area contributed by atoms with Crippen LogP contribution in [0.4, 0.5) is 9.52 Å². The summed E-state index contributed by atoms with van der Waals surface area (Å²) >= 11 is 1.13. The Labute approximate surface area is 131 Å². The first-order valence-electron chi connectivity index (χ1n) is 6.37. The Kier molecular flexibility index (Phi) is 5.19. The highest BCUT2D eigenvalue weighted by atomic mass is 32.2. The summed E-state index contributed by atoms with van der Waals surface area (Å²) in [5.74, 6) is -0.991. The molecular weight excluding hydrogens is 329 g/mol. The molecule has 2 rings (SSSR count). The Hall–Kier alpha value is -1.87. The highest BCUT2D eigenvalue weighted by Crippen LogP contribution is 2.20. The molecule has 0 aliphatic carbocycles. The van der Waals surface area contributed by atoms with E-state index in [4.69, 9.17) is 0 Å². The van der Waals surface area contributed by atoms with Gasteiger partial charge in [-0.3, -0.25) is 4.79 Å². The second-order valence-electron chi connectivity index (χ2n) is 4.70. The Morgan fingerprint density at radius 1 is 1.32 bits per heavy atom. The quantitative estimate of drug-likeness (QED) is 0.861. The number of rotatable bonds is 6. The van der Waals surface area contributed by atoms with Gasteiger partial charge in [-0.25, -0.2) is 12.8 Å². The molecule has 0 saturated carbocycles. The van der Waals surface area contributed by atoms with Gasteiger partial charge in [-0.2, -0.15) is 0 Å². The smallest absolute Gasteiger partial charge is 0.227 e. The number of hydrogen-bond acceptors (Lipinski definition) is 6. The number of hydrogen-bond donors (Lipinski definition) is 1. The largest absolute Gasteiger partial charge is 0.301 e. The van der Waals surface area contributed by atoms with Crippen LogP contribution < -0.4 is 5.32 Å². The Morgan fingerprint density at radius 3 is 2.73 bits per heavy atom. The molecule has 0 atom stereocenters. The highest BCUT2D eigenvalue weighted by molar-refractivity contribution is 7.90. The number of nitrogens with zero attached hydrogens (tertiary/aromatic N) is 2. The molecule has 6 nitrogen and oxygen atoms in total. The molecule has 1 N–H and O–H groups in total. The standard InChI is InChI=1S/C13H14FN3O3S2/c1-22(19,20)7-6-11(18)15-13-17-16-12(21-13)8-9-4-2-3-5-10(9)14/h2-5H,6-8H2,1H3,(H,15,17,18). The van der Waals surface area contributed by atoms with Crippen LogP contribution in [0.3, 0.4) is 0 Å². The summed E-state index contributed by atoms with van der Waals surface area (Å²) in [5.41, 5.74) is 0.494. The summed E-state index contributed by atoms with van der Waals surface area (Å²) in [6, 6.07) is 6.35. The van der Waals surface area contributed by atoms with E-state index in [0.717, 1.165) is 17.6 Å². The maximum absolute atomic E-state index is 13.5. The van der Waals surface area contributed by atoms with E-state index in [1.165, 1.54) is 6.07 Å². The van der Waals surface area contributed by atoms with Crippen molar-refractivity contribution in [3.05, 3.63) is 40.7 Å². The molecule has 0 saturated heterocycles. The van der Waals surface area contributed by atoms with Gasteiger partial charge in [-0.05, 0) is 11.6 Å². The van der Waals surface area contributed by atoms with Crippen molar-refractivity contribution < 1.29 is 17.6 Å².